The highest BCUT2D eigenvalue weighted by atomic mass is 16.4. The molecule has 9 nitrogen and oxygen atoms in total. The van der Waals surface area contributed by atoms with Crippen LogP contribution in [0.2, 0.25) is 0 Å². The largest absolute Gasteiger partial charge is 0.508 e. The van der Waals surface area contributed by atoms with Crippen molar-refractivity contribution in [2.24, 2.45) is 11.8 Å². The summed E-state index contributed by atoms with van der Waals surface area (Å²) in [6.07, 6.45) is 1.83. The molecule has 3 aliphatic carbocycles. The van der Waals surface area contributed by atoms with Gasteiger partial charge >= 0.3 is 5.97 Å². The number of benzene rings is 2. The summed E-state index contributed by atoms with van der Waals surface area (Å²) in [6, 6.07) is 8.50. The molecule has 2 aromatic rings. The third-order valence-electron chi connectivity index (χ3n) is 9.02. The molecule has 0 bridgehead atoms. The Kier molecular flexibility index (Phi) is 7.35. The van der Waals surface area contributed by atoms with Crippen LogP contribution in [0.15, 0.2) is 47.2 Å². The van der Waals surface area contributed by atoms with Gasteiger partial charge in [0.1, 0.15) is 22.8 Å². The molecule has 0 amide bonds. The molecule has 5 rings (SSSR count). The average Bonchev–Trinajstić information content (AvgIpc) is 2.91. The predicted molar refractivity (Wildman–Crippen MR) is 152 cm³/mol. The second kappa shape index (κ2) is 10.5. The lowest BCUT2D eigenvalue weighted by atomic mass is 9.58. The zero-order valence-corrected chi connectivity index (χ0v) is 23.7. The summed E-state index contributed by atoms with van der Waals surface area (Å²) in [5, 5.41) is 54.4. The number of hydrogen-bond donors (Lipinski definition) is 5. The van der Waals surface area contributed by atoms with Gasteiger partial charge in [-0.15, -0.1) is 0 Å². The Morgan fingerprint density at radius 3 is 2.29 bits per heavy atom. The minimum Gasteiger partial charge on any atom is -0.508 e. The molecule has 0 radical (unpaired) electrons. The van der Waals surface area contributed by atoms with Gasteiger partial charge in [0.05, 0.1) is 11.1 Å². The fraction of sp³-hybridized carbons (Fsp3) is 0.394. The van der Waals surface area contributed by atoms with Gasteiger partial charge in [-0.2, -0.15) is 0 Å². The van der Waals surface area contributed by atoms with Crippen molar-refractivity contribution in [1.29, 1.82) is 0 Å². The van der Waals surface area contributed by atoms with Crippen molar-refractivity contribution < 1.29 is 44.7 Å². The maximum absolute atomic E-state index is 13.8. The molecule has 0 unspecified atom stereocenters. The van der Waals surface area contributed by atoms with Crippen LogP contribution >= 0.6 is 0 Å². The molecule has 0 aliphatic heterocycles. The minimum atomic E-state index is -2.52. The minimum absolute atomic E-state index is 0.0219. The van der Waals surface area contributed by atoms with Crippen LogP contribution in [0.5, 0.6) is 5.75 Å². The number of ketones is 3. The van der Waals surface area contributed by atoms with Gasteiger partial charge in [-0.25, -0.2) is 4.79 Å². The van der Waals surface area contributed by atoms with Crippen LogP contribution in [0.3, 0.4) is 0 Å². The number of aromatic hydroxyl groups is 1. The Morgan fingerprint density at radius 1 is 1.02 bits per heavy atom. The second-order valence-electron chi connectivity index (χ2n) is 11.9. The Morgan fingerprint density at radius 2 is 1.69 bits per heavy atom. The number of aryl methyl sites for hydroxylation is 2. The zero-order valence-electron chi connectivity index (χ0n) is 23.7. The highest BCUT2D eigenvalue weighted by Crippen LogP contribution is 2.53. The van der Waals surface area contributed by atoms with Crippen LogP contribution < -0.4 is 0 Å². The van der Waals surface area contributed by atoms with Crippen LogP contribution in [0.1, 0.15) is 84.1 Å². The first kappa shape index (κ1) is 29.3. The van der Waals surface area contributed by atoms with Gasteiger partial charge in [0.25, 0.3) is 0 Å². The first-order valence-corrected chi connectivity index (χ1v) is 14.2. The van der Waals surface area contributed by atoms with Gasteiger partial charge in [-0.3, -0.25) is 14.4 Å². The molecular formula is C33H34O9. The van der Waals surface area contributed by atoms with Gasteiger partial charge in [0.2, 0.25) is 5.78 Å². The number of allylic oxidation sites excluding steroid dienone is 1. The predicted octanol–water partition coefficient (Wildman–Crippen LogP) is 4.52. The Labute approximate surface area is 242 Å². The summed E-state index contributed by atoms with van der Waals surface area (Å²) in [7, 11) is 0. The molecule has 5 N–H and O–H groups in total. The number of Topliss-reactive ketones (excluding diaryl/α,β-unsaturated/α-hetero) is 3. The fourth-order valence-electron chi connectivity index (χ4n) is 6.89. The molecule has 1 saturated carbocycles. The van der Waals surface area contributed by atoms with Crippen molar-refractivity contribution in [3.05, 3.63) is 80.6 Å². The molecule has 0 aromatic heterocycles. The van der Waals surface area contributed by atoms with Crippen molar-refractivity contribution in [1.82, 2.24) is 0 Å². The van der Waals surface area contributed by atoms with Gasteiger partial charge in [-0.1, -0.05) is 32.0 Å². The summed E-state index contributed by atoms with van der Waals surface area (Å²) in [5.74, 6) is -6.42. The highest BCUT2D eigenvalue weighted by molar-refractivity contribution is 6.23. The van der Waals surface area contributed by atoms with Crippen molar-refractivity contribution in [3.8, 4) is 5.75 Å². The third kappa shape index (κ3) is 4.52. The van der Waals surface area contributed by atoms with E-state index >= 15 is 0 Å². The van der Waals surface area contributed by atoms with Crippen LogP contribution in [0.4, 0.5) is 0 Å². The van der Waals surface area contributed by atoms with E-state index in [1.54, 1.807) is 24.3 Å². The number of carboxylic acid groups (broad SMARTS) is 1. The number of rotatable bonds is 7. The maximum Gasteiger partial charge on any atom is 0.335 e. The zero-order chi connectivity index (χ0) is 30.7. The number of carbonyl (C=O) groups is 4. The van der Waals surface area contributed by atoms with Crippen LogP contribution in [-0.2, 0) is 33.6 Å². The molecule has 1 fully saturated rings. The summed E-state index contributed by atoms with van der Waals surface area (Å²) in [6.45, 7) is 5.07. The second-order valence-corrected chi connectivity index (χ2v) is 11.9. The lowest BCUT2D eigenvalue weighted by Gasteiger charge is -2.46. The number of aliphatic hydroxyl groups excluding tert-OH is 2. The number of aromatic carboxylic acids is 1. The quantitative estimate of drug-likeness (QED) is 0.298. The first-order valence-electron chi connectivity index (χ1n) is 14.2. The molecule has 3 aliphatic rings. The fourth-order valence-corrected chi connectivity index (χ4v) is 6.89. The molecular weight excluding hydrogens is 540 g/mol. The lowest BCUT2D eigenvalue weighted by Crippen LogP contribution is -2.57. The molecule has 0 saturated heterocycles. The lowest BCUT2D eigenvalue weighted by molar-refractivity contribution is -0.147. The highest BCUT2D eigenvalue weighted by Gasteiger charge is 2.60. The van der Waals surface area contributed by atoms with E-state index in [1.807, 2.05) is 19.9 Å². The van der Waals surface area contributed by atoms with E-state index in [9.17, 15) is 39.6 Å². The van der Waals surface area contributed by atoms with Crippen LogP contribution in [-0.4, -0.2) is 54.5 Å². The monoisotopic (exact) mass is 574 g/mol. The Bertz CT molecular complexity index is 1590. The third-order valence-corrected chi connectivity index (χ3v) is 9.02. The van der Waals surface area contributed by atoms with E-state index in [0.29, 0.717) is 36.8 Å². The van der Waals surface area contributed by atoms with E-state index in [0.717, 1.165) is 18.1 Å². The SMILES string of the molecule is CC(=O)C1=C(O)[C@@]2(O)C(=O)C3=C(O)c4c(O)c(CCCc5ccc(C(=O)O)cc5)cc(C(C)C)c4C[C@H]3C[C@H]2CC1=O. The Balaban J connectivity index is 1.53. The van der Waals surface area contributed by atoms with Gasteiger partial charge in [-0.05, 0) is 85.3 Å². The molecule has 42 heavy (non-hydrogen) atoms. The van der Waals surface area contributed by atoms with Gasteiger partial charge in [0, 0.05) is 17.9 Å². The van der Waals surface area contributed by atoms with Crippen molar-refractivity contribution in [2.45, 2.75) is 70.8 Å². The van der Waals surface area contributed by atoms with Crippen LogP contribution in [0, 0.1) is 11.8 Å². The summed E-state index contributed by atoms with van der Waals surface area (Å²) >= 11 is 0. The number of aliphatic hydroxyl groups is 3. The first-order chi connectivity index (χ1) is 19.8. The van der Waals surface area contributed by atoms with E-state index in [1.165, 1.54) is 0 Å². The summed E-state index contributed by atoms with van der Waals surface area (Å²) in [5.41, 5.74) is 0.220. The number of hydrogen-bond acceptors (Lipinski definition) is 8. The smallest absolute Gasteiger partial charge is 0.335 e. The van der Waals surface area contributed by atoms with E-state index in [-0.39, 0.29) is 41.2 Å². The van der Waals surface area contributed by atoms with Crippen molar-refractivity contribution >= 4 is 29.1 Å². The van der Waals surface area contributed by atoms with Crippen molar-refractivity contribution in [2.75, 3.05) is 0 Å². The van der Waals surface area contributed by atoms with Gasteiger partial charge < -0.3 is 25.5 Å². The van der Waals surface area contributed by atoms with Crippen LogP contribution in [0.25, 0.3) is 5.76 Å². The number of phenolic OH excluding ortho intramolecular Hbond substituents is 1. The molecule has 220 valence electrons. The molecule has 0 heterocycles. The molecule has 9 heteroatoms. The number of fused-ring (bicyclic) bond motifs is 3. The normalized spacial score (nSPS) is 23.5. The molecule has 3 atom stereocenters. The molecule has 0 spiro atoms. The standard InChI is InChI=1S/C33H34O9/c1-15(2)22-12-19(6-4-5-17-7-9-18(10-8-17)32(40)41)28(36)27-23(22)13-20-11-21-14-24(35)25(16(3)34)30(38)33(21,42)31(39)26(20)29(27)37/h7-10,12,15,20-21,36-38,42H,4-6,11,13-14H2,1-3H3,(H,40,41)/t20-,21+,33-/m1/s1. The summed E-state index contributed by atoms with van der Waals surface area (Å²) in [4.78, 5) is 49.7. The number of carbonyl (C=O) groups excluding carboxylic acids is 3. The van der Waals surface area contributed by atoms with E-state index in [4.69, 9.17) is 5.11 Å². The maximum atomic E-state index is 13.8. The van der Waals surface area contributed by atoms with Gasteiger partial charge in [0.15, 0.2) is 17.2 Å². The summed E-state index contributed by atoms with van der Waals surface area (Å²) < 4.78 is 0. The van der Waals surface area contributed by atoms with E-state index in [2.05, 4.69) is 0 Å². The van der Waals surface area contributed by atoms with Crippen molar-refractivity contribution in [3.63, 3.8) is 0 Å². The Hall–Kier alpha value is -4.24. The molecule has 2 aromatic carbocycles. The van der Waals surface area contributed by atoms with E-state index < -0.39 is 57.8 Å². The number of carboxylic acids is 1. The average molecular weight is 575 g/mol. The topological polar surface area (TPSA) is 169 Å². The number of phenols is 1.